The topological polar surface area (TPSA) is 55.6 Å². The Morgan fingerprint density at radius 2 is 2.11 bits per heavy atom. The molecule has 5 heteroatoms. The molecule has 0 aromatic rings. The van der Waals surface area contributed by atoms with Gasteiger partial charge in [-0.2, -0.15) is 0 Å². The normalized spacial score (nSPS) is 36.3. The first-order valence-electron chi connectivity index (χ1n) is 6.81. The Bertz CT molecular complexity index is 288. The second-order valence-electron chi connectivity index (χ2n) is 5.42. The summed E-state index contributed by atoms with van der Waals surface area (Å²) in [5, 5.41) is 0. The molecular formula is C13H25ClN2O2. The van der Waals surface area contributed by atoms with Gasteiger partial charge in [0, 0.05) is 19.1 Å². The molecule has 2 aliphatic rings. The highest BCUT2D eigenvalue weighted by Crippen LogP contribution is 2.27. The van der Waals surface area contributed by atoms with Gasteiger partial charge in [-0.25, -0.2) is 0 Å². The van der Waals surface area contributed by atoms with Crippen LogP contribution in [0.25, 0.3) is 0 Å². The number of nitrogens with two attached hydrogens (primary N) is 1. The fraction of sp³-hybridized carbons (Fsp3) is 0.923. The number of rotatable bonds is 2. The molecule has 106 valence electrons. The molecule has 1 saturated heterocycles. The maximum absolute atomic E-state index is 12.4. The molecule has 4 unspecified atom stereocenters. The van der Waals surface area contributed by atoms with Crippen LogP contribution in [0.2, 0.25) is 0 Å². The van der Waals surface area contributed by atoms with E-state index in [1.807, 2.05) is 11.8 Å². The van der Waals surface area contributed by atoms with Crippen molar-refractivity contribution < 1.29 is 9.53 Å². The van der Waals surface area contributed by atoms with Crippen LogP contribution in [-0.2, 0) is 9.53 Å². The van der Waals surface area contributed by atoms with Crippen molar-refractivity contribution in [1.82, 2.24) is 4.90 Å². The van der Waals surface area contributed by atoms with Crippen molar-refractivity contribution in [2.24, 2.45) is 11.7 Å². The third-order valence-electron chi connectivity index (χ3n) is 3.98. The third kappa shape index (κ3) is 3.37. The van der Waals surface area contributed by atoms with Crippen molar-refractivity contribution in [3.63, 3.8) is 0 Å². The van der Waals surface area contributed by atoms with Crippen LogP contribution in [-0.4, -0.2) is 42.1 Å². The Labute approximate surface area is 116 Å². The van der Waals surface area contributed by atoms with E-state index in [0.29, 0.717) is 0 Å². The standard InChI is InChI=1S/C13H24N2O2.ClH/c1-3-10-8-15(7-9(2)17-10)13(16)11-5-4-6-12(11)14;/h9-12H,3-8,14H2,1-2H3;1H. The van der Waals surface area contributed by atoms with E-state index in [0.717, 1.165) is 38.8 Å². The molecule has 0 spiro atoms. The lowest BCUT2D eigenvalue weighted by atomic mass is 10.0. The summed E-state index contributed by atoms with van der Waals surface area (Å²) < 4.78 is 5.78. The maximum atomic E-state index is 12.4. The Kier molecular flexibility index (Phi) is 5.89. The summed E-state index contributed by atoms with van der Waals surface area (Å²) in [5.74, 6) is 0.307. The van der Waals surface area contributed by atoms with Crippen LogP contribution >= 0.6 is 12.4 Å². The van der Waals surface area contributed by atoms with Crippen molar-refractivity contribution in [3.8, 4) is 0 Å². The number of carbonyl (C=O) groups excluding carboxylic acids is 1. The number of ether oxygens (including phenoxy) is 1. The summed E-state index contributed by atoms with van der Waals surface area (Å²) in [6, 6.07) is 0.0701. The van der Waals surface area contributed by atoms with E-state index in [-0.39, 0.29) is 42.5 Å². The number of hydrogen-bond donors (Lipinski definition) is 1. The zero-order valence-corrected chi connectivity index (χ0v) is 12.1. The van der Waals surface area contributed by atoms with Crippen LogP contribution in [0.15, 0.2) is 0 Å². The molecule has 0 bridgehead atoms. The molecule has 1 heterocycles. The predicted molar refractivity (Wildman–Crippen MR) is 73.8 cm³/mol. The quantitative estimate of drug-likeness (QED) is 0.833. The molecule has 1 amide bonds. The summed E-state index contributed by atoms with van der Waals surface area (Å²) in [6.45, 7) is 5.60. The Hall–Kier alpha value is -0.320. The fourth-order valence-corrected chi connectivity index (χ4v) is 2.98. The summed E-state index contributed by atoms with van der Waals surface area (Å²) in [6.07, 6.45) is 4.35. The van der Waals surface area contributed by atoms with Crippen LogP contribution in [0.3, 0.4) is 0 Å². The summed E-state index contributed by atoms with van der Waals surface area (Å²) in [4.78, 5) is 14.4. The summed E-state index contributed by atoms with van der Waals surface area (Å²) in [5.41, 5.74) is 6.01. The Balaban J connectivity index is 0.00000162. The van der Waals surface area contributed by atoms with Crippen molar-refractivity contribution in [2.45, 2.75) is 57.8 Å². The van der Waals surface area contributed by atoms with Gasteiger partial charge >= 0.3 is 0 Å². The molecule has 4 atom stereocenters. The second kappa shape index (κ2) is 6.73. The van der Waals surface area contributed by atoms with Crippen LogP contribution in [0, 0.1) is 5.92 Å². The maximum Gasteiger partial charge on any atom is 0.227 e. The monoisotopic (exact) mass is 276 g/mol. The molecule has 1 aliphatic carbocycles. The molecule has 4 nitrogen and oxygen atoms in total. The first-order chi connectivity index (χ1) is 8.11. The highest BCUT2D eigenvalue weighted by Gasteiger charge is 2.36. The molecule has 2 N–H and O–H groups in total. The molecule has 2 fully saturated rings. The SMILES string of the molecule is CCC1CN(C(=O)C2CCCC2N)CC(C)O1.Cl. The van der Waals surface area contributed by atoms with Gasteiger partial charge in [0.2, 0.25) is 5.91 Å². The Morgan fingerprint density at radius 3 is 2.67 bits per heavy atom. The first-order valence-corrected chi connectivity index (χ1v) is 6.81. The van der Waals surface area contributed by atoms with Crippen LogP contribution in [0.5, 0.6) is 0 Å². The van der Waals surface area contributed by atoms with E-state index >= 15 is 0 Å². The van der Waals surface area contributed by atoms with Gasteiger partial charge in [-0.1, -0.05) is 13.3 Å². The molecule has 2 rings (SSSR count). The second-order valence-corrected chi connectivity index (χ2v) is 5.42. The van der Waals surface area contributed by atoms with Gasteiger partial charge in [-0.15, -0.1) is 12.4 Å². The third-order valence-corrected chi connectivity index (χ3v) is 3.98. The lowest BCUT2D eigenvalue weighted by molar-refractivity contribution is -0.148. The summed E-state index contributed by atoms with van der Waals surface area (Å²) >= 11 is 0. The van der Waals surface area contributed by atoms with E-state index in [2.05, 4.69) is 6.92 Å². The number of halogens is 1. The minimum Gasteiger partial charge on any atom is -0.372 e. The lowest BCUT2D eigenvalue weighted by Gasteiger charge is -2.38. The zero-order valence-electron chi connectivity index (χ0n) is 11.3. The zero-order chi connectivity index (χ0) is 12.4. The first kappa shape index (κ1) is 15.7. The molecule has 1 saturated carbocycles. The predicted octanol–water partition coefficient (Wildman–Crippen LogP) is 1.56. The molecule has 0 radical (unpaired) electrons. The van der Waals surface area contributed by atoms with Gasteiger partial charge in [-0.05, 0) is 26.2 Å². The largest absolute Gasteiger partial charge is 0.372 e. The summed E-state index contributed by atoms with van der Waals surface area (Å²) in [7, 11) is 0. The van der Waals surface area contributed by atoms with E-state index in [1.54, 1.807) is 0 Å². The number of amides is 1. The van der Waals surface area contributed by atoms with Gasteiger partial charge in [0.25, 0.3) is 0 Å². The average Bonchev–Trinajstić information content (AvgIpc) is 2.73. The number of hydrogen-bond acceptors (Lipinski definition) is 3. The number of morpholine rings is 1. The van der Waals surface area contributed by atoms with Gasteiger partial charge in [-0.3, -0.25) is 4.79 Å². The smallest absolute Gasteiger partial charge is 0.227 e. The molecule has 1 aliphatic heterocycles. The van der Waals surface area contributed by atoms with Crippen molar-refractivity contribution in [1.29, 1.82) is 0 Å². The molecular weight excluding hydrogens is 252 g/mol. The van der Waals surface area contributed by atoms with Crippen molar-refractivity contribution >= 4 is 18.3 Å². The minimum absolute atomic E-state index is 0. The highest BCUT2D eigenvalue weighted by atomic mass is 35.5. The molecule has 18 heavy (non-hydrogen) atoms. The van der Waals surface area contributed by atoms with Gasteiger partial charge in [0.05, 0.1) is 18.1 Å². The van der Waals surface area contributed by atoms with Crippen LogP contribution < -0.4 is 5.73 Å². The molecule has 0 aromatic carbocycles. The van der Waals surface area contributed by atoms with Crippen molar-refractivity contribution in [3.05, 3.63) is 0 Å². The van der Waals surface area contributed by atoms with Gasteiger partial charge < -0.3 is 15.4 Å². The average molecular weight is 277 g/mol. The number of carbonyl (C=O) groups is 1. The fourth-order valence-electron chi connectivity index (χ4n) is 2.98. The highest BCUT2D eigenvalue weighted by molar-refractivity contribution is 5.85. The minimum atomic E-state index is 0. The molecule has 0 aromatic heterocycles. The van der Waals surface area contributed by atoms with E-state index in [4.69, 9.17) is 10.5 Å². The van der Waals surface area contributed by atoms with Crippen molar-refractivity contribution in [2.75, 3.05) is 13.1 Å². The van der Waals surface area contributed by atoms with Crippen LogP contribution in [0.4, 0.5) is 0 Å². The van der Waals surface area contributed by atoms with Gasteiger partial charge in [0.15, 0.2) is 0 Å². The van der Waals surface area contributed by atoms with E-state index in [1.165, 1.54) is 0 Å². The van der Waals surface area contributed by atoms with E-state index in [9.17, 15) is 4.79 Å². The lowest BCUT2D eigenvalue weighted by Crippen LogP contribution is -2.52. The van der Waals surface area contributed by atoms with Gasteiger partial charge in [0.1, 0.15) is 0 Å². The van der Waals surface area contributed by atoms with Crippen LogP contribution in [0.1, 0.15) is 39.5 Å². The number of nitrogens with zero attached hydrogens (tertiary/aromatic N) is 1. The Morgan fingerprint density at radius 1 is 1.39 bits per heavy atom. The van der Waals surface area contributed by atoms with E-state index < -0.39 is 0 Å².